The number of hydrogen-bond acceptors (Lipinski definition) is 2. The number of piperidine rings is 1. The highest BCUT2D eigenvalue weighted by Gasteiger charge is 2.28. The number of ether oxygens (including phenoxy) is 1. The molecule has 1 aliphatic rings. The van der Waals surface area contributed by atoms with Crippen LogP contribution in [0, 0.1) is 0 Å². The highest BCUT2D eigenvalue weighted by atomic mass is 127. The van der Waals surface area contributed by atoms with Crippen LogP contribution in [-0.4, -0.2) is 36.7 Å². The van der Waals surface area contributed by atoms with Crippen molar-refractivity contribution in [3.63, 3.8) is 0 Å². The van der Waals surface area contributed by atoms with Gasteiger partial charge in [-0.2, -0.15) is 13.2 Å². The number of alkyl halides is 3. The molecule has 4 nitrogen and oxygen atoms in total. The molecule has 1 saturated heterocycles. The highest BCUT2D eigenvalue weighted by molar-refractivity contribution is 14.0. The Labute approximate surface area is 150 Å². The fourth-order valence-electron chi connectivity index (χ4n) is 2.29. The van der Waals surface area contributed by atoms with E-state index < -0.39 is 12.8 Å². The van der Waals surface area contributed by atoms with Crippen molar-refractivity contribution in [2.24, 2.45) is 10.7 Å². The summed E-state index contributed by atoms with van der Waals surface area (Å²) in [5.74, 6) is 0.669. The molecule has 0 atom stereocenters. The summed E-state index contributed by atoms with van der Waals surface area (Å²) in [7, 11) is 0. The molecular weight excluding hydrogens is 422 g/mol. The zero-order valence-electron chi connectivity index (χ0n) is 12.7. The molecule has 1 aromatic carbocycles. The molecule has 0 bridgehead atoms. The maximum atomic E-state index is 12.1. The van der Waals surface area contributed by atoms with E-state index in [-0.39, 0.29) is 29.7 Å². The SMILES string of the molecule is I.NC(=NCc1cccc(OCC(F)(F)F)c1)N1CCCCC1. The fraction of sp³-hybridized carbons (Fsp3) is 0.533. The molecule has 0 unspecified atom stereocenters. The normalized spacial score (nSPS) is 16.0. The predicted octanol–water partition coefficient (Wildman–Crippen LogP) is 3.55. The van der Waals surface area contributed by atoms with Crippen LogP contribution in [-0.2, 0) is 6.54 Å². The average molecular weight is 443 g/mol. The summed E-state index contributed by atoms with van der Waals surface area (Å²) in [5, 5.41) is 0. The topological polar surface area (TPSA) is 50.9 Å². The molecule has 8 heteroatoms. The minimum absolute atomic E-state index is 0. The summed E-state index contributed by atoms with van der Waals surface area (Å²) in [6.07, 6.45) is -0.913. The van der Waals surface area contributed by atoms with E-state index in [0.717, 1.165) is 31.5 Å². The average Bonchev–Trinajstić information content (AvgIpc) is 2.51. The molecule has 1 heterocycles. The van der Waals surface area contributed by atoms with Gasteiger partial charge in [0.05, 0.1) is 6.54 Å². The second-order valence-corrected chi connectivity index (χ2v) is 5.27. The zero-order chi connectivity index (χ0) is 16.0. The van der Waals surface area contributed by atoms with Crippen LogP contribution >= 0.6 is 24.0 Å². The van der Waals surface area contributed by atoms with Crippen LogP contribution in [0.25, 0.3) is 0 Å². The lowest BCUT2D eigenvalue weighted by Crippen LogP contribution is -2.40. The number of aliphatic imine (C=N–C) groups is 1. The van der Waals surface area contributed by atoms with Gasteiger partial charge in [0.25, 0.3) is 0 Å². The third-order valence-corrected chi connectivity index (χ3v) is 3.40. The molecule has 23 heavy (non-hydrogen) atoms. The van der Waals surface area contributed by atoms with Gasteiger partial charge in [-0.1, -0.05) is 12.1 Å². The highest BCUT2D eigenvalue weighted by Crippen LogP contribution is 2.19. The molecule has 0 aliphatic carbocycles. The molecule has 0 aromatic heterocycles. The van der Waals surface area contributed by atoms with E-state index in [9.17, 15) is 13.2 Å². The molecule has 2 rings (SSSR count). The Morgan fingerprint density at radius 3 is 2.57 bits per heavy atom. The Balaban J connectivity index is 0.00000264. The number of benzene rings is 1. The second kappa shape index (κ2) is 9.19. The van der Waals surface area contributed by atoms with E-state index in [1.54, 1.807) is 18.2 Å². The number of nitrogens with zero attached hydrogens (tertiary/aromatic N) is 2. The predicted molar refractivity (Wildman–Crippen MR) is 94.2 cm³/mol. The van der Waals surface area contributed by atoms with Gasteiger partial charge in [0.1, 0.15) is 5.75 Å². The van der Waals surface area contributed by atoms with Gasteiger partial charge >= 0.3 is 6.18 Å². The number of halogens is 4. The van der Waals surface area contributed by atoms with Crippen LogP contribution in [0.5, 0.6) is 5.75 Å². The van der Waals surface area contributed by atoms with Crippen molar-refractivity contribution in [1.29, 1.82) is 0 Å². The van der Waals surface area contributed by atoms with Crippen molar-refractivity contribution in [3.8, 4) is 5.75 Å². The van der Waals surface area contributed by atoms with Gasteiger partial charge < -0.3 is 15.4 Å². The third-order valence-electron chi connectivity index (χ3n) is 3.40. The Hall–Kier alpha value is -1.19. The van der Waals surface area contributed by atoms with Gasteiger partial charge in [0.15, 0.2) is 12.6 Å². The number of rotatable bonds is 4. The zero-order valence-corrected chi connectivity index (χ0v) is 15.0. The van der Waals surface area contributed by atoms with E-state index in [4.69, 9.17) is 10.5 Å². The van der Waals surface area contributed by atoms with Crippen LogP contribution in [0.3, 0.4) is 0 Å². The molecule has 130 valence electrons. The maximum absolute atomic E-state index is 12.1. The van der Waals surface area contributed by atoms with Crippen LogP contribution in [0.1, 0.15) is 24.8 Å². The van der Waals surface area contributed by atoms with Crippen molar-refractivity contribution in [2.45, 2.75) is 32.0 Å². The van der Waals surface area contributed by atoms with Gasteiger partial charge in [-0.05, 0) is 37.0 Å². The number of likely N-dealkylation sites (tertiary alicyclic amines) is 1. The molecular formula is C15H21F3IN3O. The van der Waals surface area contributed by atoms with Crippen molar-refractivity contribution >= 4 is 29.9 Å². The van der Waals surface area contributed by atoms with Crippen LogP contribution < -0.4 is 10.5 Å². The van der Waals surface area contributed by atoms with E-state index in [0.29, 0.717) is 12.5 Å². The van der Waals surface area contributed by atoms with Crippen LogP contribution in [0.2, 0.25) is 0 Å². The number of hydrogen-bond donors (Lipinski definition) is 1. The van der Waals surface area contributed by atoms with Crippen molar-refractivity contribution < 1.29 is 17.9 Å². The molecule has 1 aliphatic heterocycles. The Morgan fingerprint density at radius 2 is 1.91 bits per heavy atom. The summed E-state index contributed by atoms with van der Waals surface area (Å²) in [5.41, 5.74) is 6.71. The van der Waals surface area contributed by atoms with Crippen LogP contribution in [0.4, 0.5) is 13.2 Å². The largest absolute Gasteiger partial charge is 0.484 e. The molecule has 2 N–H and O–H groups in total. The lowest BCUT2D eigenvalue weighted by molar-refractivity contribution is -0.153. The monoisotopic (exact) mass is 443 g/mol. The molecule has 0 radical (unpaired) electrons. The summed E-state index contributed by atoms with van der Waals surface area (Å²) in [6, 6.07) is 6.48. The molecule has 0 spiro atoms. The van der Waals surface area contributed by atoms with Crippen molar-refractivity contribution in [2.75, 3.05) is 19.7 Å². The lowest BCUT2D eigenvalue weighted by atomic mass is 10.1. The quantitative estimate of drug-likeness (QED) is 0.440. The first-order valence-electron chi connectivity index (χ1n) is 7.27. The van der Waals surface area contributed by atoms with Gasteiger partial charge in [-0.3, -0.25) is 0 Å². The summed E-state index contributed by atoms with van der Waals surface area (Å²) >= 11 is 0. The summed E-state index contributed by atoms with van der Waals surface area (Å²) < 4.78 is 41.1. The Bertz CT molecular complexity index is 517. The first-order valence-corrected chi connectivity index (χ1v) is 7.27. The molecule has 1 aromatic rings. The third kappa shape index (κ3) is 7.28. The maximum Gasteiger partial charge on any atom is 0.422 e. The lowest BCUT2D eigenvalue weighted by Gasteiger charge is -2.27. The molecule has 1 fully saturated rings. The van der Waals surface area contributed by atoms with Gasteiger partial charge in [-0.25, -0.2) is 4.99 Å². The number of nitrogens with two attached hydrogens (primary N) is 1. The Kier molecular flexibility index (Phi) is 7.93. The van der Waals surface area contributed by atoms with Crippen molar-refractivity contribution in [1.82, 2.24) is 4.90 Å². The molecule has 0 amide bonds. The molecule has 0 saturated carbocycles. The van der Waals surface area contributed by atoms with Gasteiger partial charge in [-0.15, -0.1) is 24.0 Å². The van der Waals surface area contributed by atoms with E-state index in [2.05, 4.69) is 4.99 Å². The fourth-order valence-corrected chi connectivity index (χ4v) is 2.29. The summed E-state index contributed by atoms with van der Waals surface area (Å²) in [6.45, 7) is 0.843. The van der Waals surface area contributed by atoms with Crippen LogP contribution in [0.15, 0.2) is 29.3 Å². The standard InChI is InChI=1S/C15H20F3N3O.HI/c16-15(17,18)11-22-13-6-4-5-12(9-13)10-20-14(19)21-7-2-1-3-8-21;/h4-6,9H,1-3,7-8,10-11H2,(H2,19,20);1H. The van der Waals surface area contributed by atoms with Gasteiger partial charge in [0.2, 0.25) is 0 Å². The second-order valence-electron chi connectivity index (χ2n) is 5.27. The summed E-state index contributed by atoms with van der Waals surface area (Å²) in [4.78, 5) is 6.35. The first kappa shape index (κ1) is 19.9. The smallest absolute Gasteiger partial charge is 0.422 e. The minimum Gasteiger partial charge on any atom is -0.484 e. The van der Waals surface area contributed by atoms with E-state index in [1.165, 1.54) is 12.5 Å². The minimum atomic E-state index is -4.34. The van der Waals surface area contributed by atoms with E-state index in [1.807, 2.05) is 4.90 Å². The van der Waals surface area contributed by atoms with Crippen molar-refractivity contribution in [3.05, 3.63) is 29.8 Å². The number of guanidine groups is 1. The first-order chi connectivity index (χ1) is 10.4. The van der Waals surface area contributed by atoms with E-state index >= 15 is 0 Å². The van der Waals surface area contributed by atoms with Gasteiger partial charge in [0, 0.05) is 13.1 Å². The Morgan fingerprint density at radius 1 is 1.22 bits per heavy atom.